The number of hydrogen-bond acceptors (Lipinski definition) is 4. The van der Waals surface area contributed by atoms with Crippen molar-refractivity contribution in [3.8, 4) is 0 Å². The van der Waals surface area contributed by atoms with E-state index in [1.807, 2.05) is 20.8 Å². The molecule has 204 valence electrons. The van der Waals surface area contributed by atoms with E-state index in [1.165, 1.54) is 12.1 Å². The van der Waals surface area contributed by atoms with Gasteiger partial charge in [-0.2, -0.15) is 0 Å². The van der Waals surface area contributed by atoms with E-state index in [1.54, 1.807) is 18.2 Å². The van der Waals surface area contributed by atoms with Gasteiger partial charge in [0.25, 0.3) is 0 Å². The van der Waals surface area contributed by atoms with Crippen LogP contribution in [0.15, 0.2) is 36.4 Å². The van der Waals surface area contributed by atoms with E-state index in [-0.39, 0.29) is 34.9 Å². The van der Waals surface area contributed by atoms with Crippen LogP contribution >= 0.6 is 11.6 Å². The summed E-state index contributed by atoms with van der Waals surface area (Å²) in [6.07, 6.45) is 2.52. The fourth-order valence-corrected chi connectivity index (χ4v) is 6.84. The van der Waals surface area contributed by atoms with Crippen LogP contribution < -0.4 is 16.0 Å². The zero-order valence-electron chi connectivity index (χ0n) is 21.8. The molecule has 2 fully saturated rings. The third-order valence-corrected chi connectivity index (χ3v) is 8.50. The quantitative estimate of drug-likeness (QED) is 0.445. The van der Waals surface area contributed by atoms with Crippen LogP contribution in [0, 0.1) is 17.0 Å². The molecule has 5 rings (SSSR count). The molecule has 4 atom stereocenters. The molecule has 4 N–H and O–H groups in total. The number of hydrogen-bond donors (Lipinski definition) is 4. The van der Waals surface area contributed by atoms with Gasteiger partial charge in [0.15, 0.2) is 11.6 Å². The van der Waals surface area contributed by atoms with Gasteiger partial charge in [-0.15, -0.1) is 0 Å². The molecule has 2 heterocycles. The second kappa shape index (κ2) is 9.88. The third kappa shape index (κ3) is 4.61. The van der Waals surface area contributed by atoms with Gasteiger partial charge in [0, 0.05) is 28.7 Å². The fourth-order valence-electron chi connectivity index (χ4n) is 6.66. The molecule has 0 bridgehead atoms. The highest BCUT2D eigenvalue weighted by atomic mass is 35.5. The Hall–Kier alpha value is -2.55. The Morgan fingerprint density at radius 1 is 1.16 bits per heavy atom. The largest absolute Gasteiger partial charge is 0.393 e. The summed E-state index contributed by atoms with van der Waals surface area (Å²) in [6, 6.07) is 7.28. The fraction of sp³-hybridized carbons (Fsp3) is 0.517. The average molecular weight is 546 g/mol. The second-order valence-electron chi connectivity index (χ2n) is 12.1. The van der Waals surface area contributed by atoms with Crippen molar-refractivity contribution in [2.75, 3.05) is 5.32 Å². The smallest absolute Gasteiger partial charge is 0.238 e. The second-order valence-corrected chi connectivity index (χ2v) is 12.5. The summed E-state index contributed by atoms with van der Waals surface area (Å²) in [5, 5.41) is 19.7. The van der Waals surface area contributed by atoms with Crippen LogP contribution in [0.2, 0.25) is 5.02 Å². The van der Waals surface area contributed by atoms with Gasteiger partial charge in [-0.05, 0) is 66.8 Å². The first-order chi connectivity index (χ1) is 17.9. The molecule has 0 aromatic heterocycles. The van der Waals surface area contributed by atoms with Crippen LogP contribution in [0.4, 0.5) is 14.5 Å². The van der Waals surface area contributed by atoms with Gasteiger partial charge in [-0.25, -0.2) is 8.78 Å². The summed E-state index contributed by atoms with van der Waals surface area (Å²) in [4.78, 5) is 28.0. The standard InChI is InChI=1S/C29H34ClF2N3O3/c1-28(2,3)14-22-29(19-12-7-15(30)13-21(19)34-27(29)38)23(18-5-4-6-20(31)24(18)32)25(35-22)26(37)33-16-8-10-17(36)11-9-16/h4-7,12-13,16-17,22-23,25,35-36H,8-11,14H2,1-3H3,(H,33,37)(H,34,38). The summed E-state index contributed by atoms with van der Waals surface area (Å²) >= 11 is 6.25. The number of aliphatic hydroxyl groups excluding tert-OH is 1. The van der Waals surface area contributed by atoms with Gasteiger partial charge >= 0.3 is 0 Å². The summed E-state index contributed by atoms with van der Waals surface area (Å²) in [6.45, 7) is 6.11. The molecule has 3 aliphatic rings. The van der Waals surface area contributed by atoms with Crippen molar-refractivity contribution >= 4 is 29.1 Å². The van der Waals surface area contributed by atoms with E-state index in [4.69, 9.17) is 11.6 Å². The number of amides is 2. The van der Waals surface area contributed by atoms with Crippen molar-refractivity contribution in [1.82, 2.24) is 10.6 Å². The van der Waals surface area contributed by atoms with E-state index in [9.17, 15) is 19.1 Å². The summed E-state index contributed by atoms with van der Waals surface area (Å²) < 4.78 is 30.2. The molecule has 38 heavy (non-hydrogen) atoms. The predicted octanol–water partition coefficient (Wildman–Crippen LogP) is 4.79. The summed E-state index contributed by atoms with van der Waals surface area (Å²) in [7, 11) is 0. The van der Waals surface area contributed by atoms with Crippen molar-refractivity contribution in [2.45, 2.75) is 88.4 Å². The zero-order valence-corrected chi connectivity index (χ0v) is 22.5. The van der Waals surface area contributed by atoms with Crippen LogP contribution in [0.25, 0.3) is 0 Å². The molecule has 2 aromatic rings. The average Bonchev–Trinajstić information content (AvgIpc) is 3.31. The Balaban J connectivity index is 1.67. The highest BCUT2D eigenvalue weighted by Crippen LogP contribution is 2.57. The maximum Gasteiger partial charge on any atom is 0.238 e. The molecule has 2 aromatic carbocycles. The number of anilines is 1. The molecule has 1 saturated carbocycles. The van der Waals surface area contributed by atoms with E-state index >= 15 is 4.39 Å². The Morgan fingerprint density at radius 3 is 2.55 bits per heavy atom. The molecule has 0 radical (unpaired) electrons. The van der Waals surface area contributed by atoms with Gasteiger partial charge in [0.1, 0.15) is 5.41 Å². The lowest BCUT2D eigenvalue weighted by molar-refractivity contribution is -0.124. The molecule has 9 heteroatoms. The Morgan fingerprint density at radius 2 is 1.87 bits per heavy atom. The maximum absolute atomic E-state index is 15.5. The third-order valence-electron chi connectivity index (χ3n) is 8.26. The van der Waals surface area contributed by atoms with E-state index < -0.39 is 35.1 Å². The van der Waals surface area contributed by atoms with Crippen molar-refractivity contribution in [1.29, 1.82) is 0 Å². The lowest BCUT2D eigenvalue weighted by Crippen LogP contribution is -2.50. The summed E-state index contributed by atoms with van der Waals surface area (Å²) in [5.74, 6) is -3.87. The van der Waals surface area contributed by atoms with Crippen molar-refractivity contribution in [3.63, 3.8) is 0 Å². The lowest BCUT2D eigenvalue weighted by atomic mass is 9.62. The molecule has 2 amide bonds. The van der Waals surface area contributed by atoms with Gasteiger partial charge in [-0.3, -0.25) is 9.59 Å². The molecular weight excluding hydrogens is 512 g/mol. The van der Waals surface area contributed by atoms with Crippen molar-refractivity contribution in [3.05, 3.63) is 64.2 Å². The molecule has 6 nitrogen and oxygen atoms in total. The van der Waals surface area contributed by atoms with Gasteiger partial charge < -0.3 is 21.1 Å². The maximum atomic E-state index is 15.5. The van der Waals surface area contributed by atoms with Crippen molar-refractivity contribution in [2.24, 2.45) is 5.41 Å². The molecular formula is C29H34ClF2N3O3. The Labute approximate surface area is 226 Å². The monoisotopic (exact) mass is 545 g/mol. The number of benzene rings is 2. The van der Waals surface area contributed by atoms with E-state index in [0.717, 1.165) is 6.07 Å². The Kier molecular flexibility index (Phi) is 7.03. The first kappa shape index (κ1) is 27.0. The van der Waals surface area contributed by atoms with Crippen molar-refractivity contribution < 1.29 is 23.5 Å². The SMILES string of the molecule is CC(C)(C)CC1NC(C(=O)NC2CCC(O)CC2)C(c2cccc(F)c2F)C12C(=O)Nc1cc(Cl)ccc12. The highest BCUT2D eigenvalue weighted by molar-refractivity contribution is 6.31. The first-order valence-electron chi connectivity index (χ1n) is 13.2. The number of nitrogens with one attached hydrogen (secondary N) is 3. The predicted molar refractivity (Wildman–Crippen MR) is 142 cm³/mol. The Bertz CT molecular complexity index is 1260. The molecule has 2 aliphatic heterocycles. The number of carbonyl (C=O) groups excluding carboxylic acids is 2. The minimum Gasteiger partial charge on any atom is -0.393 e. The number of aliphatic hydroxyl groups is 1. The summed E-state index contributed by atoms with van der Waals surface area (Å²) in [5.41, 5.74) is -0.542. The van der Waals surface area contributed by atoms with Gasteiger partial charge in [0.2, 0.25) is 11.8 Å². The number of halogens is 3. The van der Waals surface area contributed by atoms with Crippen LogP contribution in [0.1, 0.15) is 69.9 Å². The zero-order chi connectivity index (χ0) is 27.4. The molecule has 1 saturated heterocycles. The lowest BCUT2D eigenvalue weighted by Gasteiger charge is -2.37. The van der Waals surface area contributed by atoms with Crippen LogP contribution in [0.5, 0.6) is 0 Å². The number of fused-ring (bicyclic) bond motifs is 2. The minimum atomic E-state index is -1.38. The van der Waals surface area contributed by atoms with Crippen LogP contribution in [0.3, 0.4) is 0 Å². The normalized spacial score (nSPS) is 30.8. The van der Waals surface area contributed by atoms with Crippen LogP contribution in [-0.4, -0.2) is 41.2 Å². The molecule has 1 spiro atoms. The van der Waals surface area contributed by atoms with E-state index in [0.29, 0.717) is 48.4 Å². The molecule has 4 unspecified atom stereocenters. The van der Waals surface area contributed by atoms with Crippen LogP contribution in [-0.2, 0) is 15.0 Å². The number of rotatable bonds is 4. The van der Waals surface area contributed by atoms with E-state index in [2.05, 4.69) is 16.0 Å². The highest BCUT2D eigenvalue weighted by Gasteiger charge is 2.66. The molecule has 1 aliphatic carbocycles. The van der Waals surface area contributed by atoms with Gasteiger partial charge in [-0.1, -0.05) is 50.6 Å². The first-order valence-corrected chi connectivity index (χ1v) is 13.6. The minimum absolute atomic E-state index is 0.0222. The van der Waals surface area contributed by atoms with Gasteiger partial charge in [0.05, 0.1) is 12.1 Å². The number of carbonyl (C=O) groups is 2. The topological polar surface area (TPSA) is 90.5 Å².